The molecule has 0 aliphatic rings. The van der Waals surface area contributed by atoms with Crippen LogP contribution >= 0.6 is 0 Å². The minimum Gasteiger partial charge on any atom is -0.399 e. The summed E-state index contributed by atoms with van der Waals surface area (Å²) in [4.78, 5) is 0. The zero-order chi connectivity index (χ0) is 21.0. The van der Waals surface area contributed by atoms with Crippen LogP contribution in [-0.2, 0) is 6.37 Å². The van der Waals surface area contributed by atoms with Crippen molar-refractivity contribution in [1.29, 1.82) is 0 Å². The second-order valence-corrected chi connectivity index (χ2v) is 1.60. The van der Waals surface area contributed by atoms with Crippen LogP contribution in [0.3, 0.4) is 0 Å². The van der Waals surface area contributed by atoms with Gasteiger partial charge in [-0.3, -0.25) is 0 Å². The number of nitrogen functional groups attached to an aromatic ring is 1. The molecule has 0 fully saturated rings. The van der Waals surface area contributed by atoms with Gasteiger partial charge >= 0.3 is 0 Å². The predicted octanol–water partition coefficient (Wildman–Crippen LogP) is 2.61. The summed E-state index contributed by atoms with van der Waals surface area (Å²) in [5.74, 6) is 0. The van der Waals surface area contributed by atoms with Gasteiger partial charge < -0.3 is 5.72 Å². The summed E-state index contributed by atoms with van der Waals surface area (Å²) < 4.78 is 113. The summed E-state index contributed by atoms with van der Waals surface area (Å²) in [6.07, 6.45) is -11.1. The quantitative estimate of drug-likeness (QED) is 0.680. The zero-order valence-corrected chi connectivity index (χ0v) is 5.45. The molecule has 0 aliphatic carbocycles. The fourth-order valence-electron chi connectivity index (χ4n) is 0.462. The molecule has 0 atom stereocenters. The minimum atomic E-state index is -3.78. The number of hydrogen-bond donors (Lipinski definition) is 1. The molecule has 0 spiro atoms. The normalized spacial score (nSPS) is 34.4. The zero-order valence-electron chi connectivity index (χ0n) is 20.4. The lowest BCUT2D eigenvalue weighted by Gasteiger charge is -1.99. The van der Waals surface area contributed by atoms with E-state index >= 15 is 0 Å². The average molecular weight is 164 g/mol. The Morgan fingerprint density at radius 2 is 2.45 bits per heavy atom. The van der Waals surface area contributed by atoms with Gasteiger partial charge in [0.1, 0.15) is 0 Å². The number of nitrogens with two attached hydrogens (primary N) is 1. The van der Waals surface area contributed by atoms with Gasteiger partial charge in [0.2, 0.25) is 0 Å². The van der Waals surface area contributed by atoms with Gasteiger partial charge in [0.15, 0.2) is 2.82 Å². The molecule has 0 unspecified atom stereocenters. The highest BCUT2D eigenvalue weighted by molar-refractivity contribution is 5.39. The largest absolute Gasteiger partial charge is 0.399 e. The molecule has 0 aliphatic heterocycles. The molecule has 60 valence electrons. The molecule has 11 heavy (non-hydrogen) atoms. The van der Waals surface area contributed by atoms with E-state index in [1.807, 2.05) is 0 Å². The van der Waals surface area contributed by atoms with Crippen LogP contribution in [0.1, 0.15) is 43.0 Å². The lowest BCUT2D eigenvalue weighted by Crippen LogP contribution is -1.87. The first-order valence-electron chi connectivity index (χ1n) is 10.1. The molecule has 1 aromatic rings. The molecule has 1 aromatic carbocycles. The fraction of sp³-hybridized carbons (Fsp3) is 0.400. The van der Waals surface area contributed by atoms with E-state index in [2.05, 4.69) is 0 Å². The van der Waals surface area contributed by atoms with Gasteiger partial charge in [-0.2, -0.15) is 0 Å². The summed E-state index contributed by atoms with van der Waals surface area (Å²) >= 11 is 0. The topological polar surface area (TPSA) is 26.0 Å². The van der Waals surface area contributed by atoms with Gasteiger partial charge in [0.25, 0.3) is 0 Å². The second kappa shape index (κ2) is 4.02. The number of rotatable bonds is 4. The molecule has 1 rings (SSSR count). The number of hydrogen-bond acceptors (Lipinski definition) is 1. The van der Waals surface area contributed by atoms with Crippen molar-refractivity contribution in [3.8, 4) is 0 Å². The van der Waals surface area contributed by atoms with E-state index in [1.165, 1.54) is 0 Å². The smallest absolute Gasteiger partial charge is 0.156 e. The summed E-state index contributed by atoms with van der Waals surface area (Å²) in [6, 6.07) is -4.30. The predicted molar refractivity (Wildman–Crippen MR) is 49.5 cm³/mol. The van der Waals surface area contributed by atoms with Gasteiger partial charge in [-0.15, -0.1) is 0 Å². The maximum Gasteiger partial charge on any atom is 0.156 e. The third-order valence-corrected chi connectivity index (χ3v) is 0.862. The van der Waals surface area contributed by atoms with Crippen LogP contribution in [0.15, 0.2) is 24.2 Å². The Labute approximate surface area is 89.4 Å². The van der Waals surface area contributed by atoms with Crippen molar-refractivity contribution in [2.24, 2.45) is 0 Å². The monoisotopic (exact) mass is 164 g/mol. The lowest BCUT2D eigenvalue weighted by molar-refractivity contribution is 0.795. The molecule has 0 saturated carbocycles. The molecule has 1 nitrogen and oxygen atoms in total. The fourth-order valence-corrected chi connectivity index (χ4v) is 0.462. The second-order valence-electron chi connectivity index (χ2n) is 1.60. The first-order valence-corrected chi connectivity index (χ1v) is 2.72. The molecular weight excluding hydrogens is 134 g/mol. The Kier molecular flexibility index (Phi) is 0.475. The van der Waals surface area contributed by atoms with E-state index in [0.717, 1.165) is 0 Å². The van der Waals surface area contributed by atoms with Crippen LogP contribution in [0.5, 0.6) is 0 Å². The Balaban J connectivity index is 3.86. The molecule has 0 amide bonds. The molecular formula is C10H15N. The van der Waals surface area contributed by atoms with Gasteiger partial charge in [-0.25, -0.2) is 0 Å². The molecule has 0 heterocycles. The van der Waals surface area contributed by atoms with E-state index in [9.17, 15) is 0 Å². The van der Waals surface area contributed by atoms with Gasteiger partial charge in [-0.1, -0.05) is 25.3 Å². The number of anilines is 1. The Morgan fingerprint density at radius 1 is 1.64 bits per heavy atom. The Hall–Kier alpha value is -0.980. The third kappa shape index (κ3) is 2.62. The molecule has 0 bridgehead atoms. The van der Waals surface area contributed by atoms with Gasteiger partial charge in [0, 0.05) is 18.0 Å². The summed E-state index contributed by atoms with van der Waals surface area (Å²) in [7, 11) is 0. The van der Waals surface area contributed by atoms with E-state index in [-0.39, 0.29) is 5.72 Å². The standard InChI is InChI=1S/C10H15N/c1-2-3-4-9-5-7-10(11)8-6-9/h5-8H,2-4,11H2,1H3/i1D3,2D2,3D2,4D2,5D,6D,7D,8D/hD2. The highest BCUT2D eigenvalue weighted by atomic mass is 14.5. The summed E-state index contributed by atoms with van der Waals surface area (Å²) in [5, 5.41) is 0. The summed E-state index contributed by atoms with van der Waals surface area (Å²) in [6.45, 7) is -3.58. The van der Waals surface area contributed by atoms with Crippen molar-refractivity contribution < 1.29 is 20.6 Å². The van der Waals surface area contributed by atoms with Gasteiger partial charge in [0.05, 0.1) is 5.48 Å². The van der Waals surface area contributed by atoms with Crippen LogP contribution < -0.4 is 5.72 Å². The van der Waals surface area contributed by atoms with Crippen LogP contribution in [0, 0.1) is 0 Å². The molecule has 0 saturated heterocycles. The number of benzene rings is 1. The maximum atomic E-state index is 7.95. The van der Waals surface area contributed by atoms with Crippen molar-refractivity contribution >= 4 is 5.69 Å². The molecule has 0 radical (unpaired) electrons. The highest BCUT2D eigenvalue weighted by Gasteiger charge is 1.90. The van der Waals surface area contributed by atoms with Crippen molar-refractivity contribution in [2.75, 3.05) is 5.72 Å². The average Bonchev–Trinajstić information content (AvgIpc) is 2.43. The van der Waals surface area contributed by atoms with E-state index in [4.69, 9.17) is 20.6 Å². The minimum absolute atomic E-state index is 0.226. The molecule has 1 heteroatoms. The summed E-state index contributed by atoms with van der Waals surface area (Å²) in [5.41, 5.74) is -2.24. The maximum absolute atomic E-state index is 7.95. The Morgan fingerprint density at radius 3 is 3.09 bits per heavy atom. The van der Waals surface area contributed by atoms with Crippen molar-refractivity contribution in [3.05, 3.63) is 29.7 Å². The first kappa shape index (κ1) is 1.30. The molecule has 0 aromatic heterocycles. The lowest BCUT2D eigenvalue weighted by atomic mass is 10.1. The van der Waals surface area contributed by atoms with Crippen molar-refractivity contribution in [3.63, 3.8) is 0 Å². The third-order valence-electron chi connectivity index (χ3n) is 0.862. The van der Waals surface area contributed by atoms with Crippen molar-refractivity contribution in [2.45, 2.75) is 26.0 Å². The highest BCUT2D eigenvalue weighted by Crippen LogP contribution is 2.08. The van der Waals surface area contributed by atoms with E-state index in [0.29, 0.717) is 0 Å². The molecule has 2 N–H and O–H groups in total. The van der Waals surface area contributed by atoms with Crippen LogP contribution in [0.2, 0.25) is 2.82 Å². The first-order chi connectivity index (χ1) is 11.3. The van der Waals surface area contributed by atoms with Crippen LogP contribution in [-0.4, -0.2) is 0 Å². The van der Waals surface area contributed by atoms with Crippen LogP contribution in [0.25, 0.3) is 0 Å². The SMILES string of the molecule is [2H]c1c([2H])c(C([2H])([2H])C([2H])([2H])C([2H])([2H])C([2H])([2H])[2H])c([2H])c([2H])c1N([2H])[2H]. The van der Waals surface area contributed by atoms with Gasteiger partial charge in [-0.05, 0) is 30.4 Å². The van der Waals surface area contributed by atoms with Crippen molar-refractivity contribution in [1.82, 2.24) is 0 Å². The van der Waals surface area contributed by atoms with Crippen LogP contribution in [0.4, 0.5) is 5.69 Å². The van der Waals surface area contributed by atoms with E-state index < -0.39 is 61.4 Å². The van der Waals surface area contributed by atoms with E-state index in [1.54, 1.807) is 0 Å². The Bertz CT molecular complexity index is 674.